The summed E-state index contributed by atoms with van der Waals surface area (Å²) in [4.78, 5) is 92.0. The summed E-state index contributed by atoms with van der Waals surface area (Å²) in [5.74, 6) is -5.29. The fourth-order valence-electron chi connectivity index (χ4n) is 6.94. The Bertz CT molecular complexity index is 1990. The number of H-pyrrole nitrogens is 1. The number of carbonyl (C=O) groups is 7. The van der Waals surface area contributed by atoms with Gasteiger partial charge in [-0.3, -0.25) is 33.7 Å². The second kappa shape index (κ2) is 24.2. The molecule has 6 amide bonds. The van der Waals surface area contributed by atoms with E-state index in [1.807, 2.05) is 44.2 Å². The second-order valence-corrected chi connectivity index (χ2v) is 14.5. The molecule has 1 aliphatic rings. The minimum atomic E-state index is -1.17. The number of aromatic amines is 1. The Morgan fingerprint density at radius 1 is 0.967 bits per heavy atom. The van der Waals surface area contributed by atoms with Gasteiger partial charge in [-0.05, 0) is 67.3 Å². The summed E-state index contributed by atoms with van der Waals surface area (Å²) in [7, 11) is 1.00. The lowest BCUT2D eigenvalue weighted by atomic mass is 9.73. The van der Waals surface area contributed by atoms with Crippen LogP contribution in [0.2, 0.25) is 0 Å². The van der Waals surface area contributed by atoms with E-state index in [1.54, 1.807) is 6.07 Å². The van der Waals surface area contributed by atoms with Crippen LogP contribution in [0.15, 0.2) is 72.9 Å². The van der Waals surface area contributed by atoms with E-state index in [2.05, 4.69) is 20.9 Å². The lowest BCUT2D eigenvalue weighted by Gasteiger charge is -2.44. The van der Waals surface area contributed by atoms with Crippen LogP contribution in [-0.2, 0) is 40.0 Å². The number of imide groups is 1. The third kappa shape index (κ3) is 14.0. The number of nitrogens with two attached hydrogens (primary N) is 1. The summed E-state index contributed by atoms with van der Waals surface area (Å²) in [6.45, 7) is 2.29. The van der Waals surface area contributed by atoms with E-state index >= 15 is 0 Å². The number of aromatic nitrogens is 1. The zero-order chi connectivity index (χ0) is 45.1. The molecule has 1 aliphatic heterocycles. The normalized spacial score (nSPS) is 14.5. The molecule has 3 aromatic rings. The number of hydrogen-bond donors (Lipinski definition) is 7. The first-order valence-corrected chi connectivity index (χ1v) is 19.8. The molecule has 0 saturated heterocycles. The van der Waals surface area contributed by atoms with E-state index in [0.29, 0.717) is 41.7 Å². The minimum absolute atomic E-state index is 0.0237. The lowest BCUT2D eigenvalue weighted by molar-refractivity contribution is -0.141. The number of aliphatic hydroxyl groups is 2. The highest BCUT2D eigenvalue weighted by Crippen LogP contribution is 2.45. The molecule has 0 spiro atoms. The van der Waals surface area contributed by atoms with E-state index in [1.165, 1.54) is 11.1 Å². The number of hydrogen-bond acceptors (Lipinski definition) is 10. The van der Waals surface area contributed by atoms with E-state index < -0.39 is 83.8 Å². The van der Waals surface area contributed by atoms with Gasteiger partial charge in [-0.1, -0.05) is 44.2 Å². The molecule has 4 unspecified atom stereocenters. The van der Waals surface area contributed by atoms with Crippen molar-refractivity contribution >= 4 is 41.7 Å². The quantitative estimate of drug-likeness (QED) is 0.0415. The zero-order valence-electron chi connectivity index (χ0n) is 34.5. The number of aldehydes is 1. The fourth-order valence-corrected chi connectivity index (χ4v) is 6.94. The van der Waals surface area contributed by atoms with E-state index in [0.717, 1.165) is 43.0 Å². The van der Waals surface area contributed by atoms with Crippen LogP contribution >= 0.6 is 0 Å². The molecule has 2 heterocycles. The first-order valence-electron chi connectivity index (χ1n) is 19.8. The Labute approximate surface area is 352 Å². The third-order valence-electron chi connectivity index (χ3n) is 10.5. The van der Waals surface area contributed by atoms with Crippen LogP contribution < -0.4 is 21.7 Å². The summed E-state index contributed by atoms with van der Waals surface area (Å²) >= 11 is 0. The lowest BCUT2D eigenvalue weighted by Crippen LogP contribution is -2.51. The molecular weight excluding hydrogens is 797 g/mol. The van der Waals surface area contributed by atoms with Gasteiger partial charge >= 0.3 is 0 Å². The van der Waals surface area contributed by atoms with Gasteiger partial charge < -0.3 is 46.6 Å². The Morgan fingerprint density at radius 3 is 2.25 bits per heavy atom. The number of nitrogens with zero attached hydrogens (tertiary/aromatic N) is 2. The average Bonchev–Trinajstić information content (AvgIpc) is 3.88. The van der Waals surface area contributed by atoms with Gasteiger partial charge in [0.2, 0.25) is 23.6 Å². The molecule has 0 fully saturated rings. The summed E-state index contributed by atoms with van der Waals surface area (Å²) in [5, 5.41) is 24.8. The van der Waals surface area contributed by atoms with Gasteiger partial charge in [0, 0.05) is 68.3 Å². The second-order valence-electron chi connectivity index (χ2n) is 14.5. The highest BCUT2D eigenvalue weighted by Gasteiger charge is 2.41. The minimum Gasteiger partial charge on any atom is -0.400 e. The van der Waals surface area contributed by atoms with Crippen molar-refractivity contribution in [3.05, 3.63) is 95.8 Å². The summed E-state index contributed by atoms with van der Waals surface area (Å²) < 4.78 is 29.0. The maximum atomic E-state index is 14.9. The van der Waals surface area contributed by atoms with Crippen LogP contribution in [0.3, 0.4) is 0 Å². The van der Waals surface area contributed by atoms with Crippen LogP contribution in [0.1, 0.15) is 63.3 Å². The molecule has 0 radical (unpaired) electrons. The van der Waals surface area contributed by atoms with Crippen LogP contribution in [0.4, 0.5) is 8.78 Å². The van der Waals surface area contributed by atoms with E-state index in [4.69, 9.17) is 10.8 Å². The van der Waals surface area contributed by atoms with Crippen molar-refractivity contribution in [2.75, 3.05) is 39.9 Å². The van der Waals surface area contributed by atoms with Crippen molar-refractivity contribution < 1.29 is 52.6 Å². The molecule has 0 bridgehead atoms. The van der Waals surface area contributed by atoms with Gasteiger partial charge in [0.15, 0.2) is 0 Å². The van der Waals surface area contributed by atoms with Crippen LogP contribution in [0.25, 0.3) is 11.1 Å². The average molecular weight is 852 g/mol. The molecule has 61 heavy (non-hydrogen) atoms. The molecule has 0 aliphatic carbocycles. The van der Waals surface area contributed by atoms with E-state index in [-0.39, 0.29) is 44.5 Å². The predicted octanol–water partition coefficient (Wildman–Crippen LogP) is 1.82. The predicted molar refractivity (Wildman–Crippen MR) is 221 cm³/mol. The molecule has 330 valence electrons. The molecule has 4 atom stereocenters. The number of aliphatic hydroxyl groups excluding tert-OH is 2. The first kappa shape index (κ1) is 49.3. The topological polar surface area (TPSA) is 244 Å². The van der Waals surface area contributed by atoms with Crippen molar-refractivity contribution in [2.45, 2.75) is 70.5 Å². The number of carbonyl (C=O) groups excluding carboxylic acids is 7. The zero-order valence-corrected chi connectivity index (χ0v) is 34.5. The van der Waals surface area contributed by atoms with Crippen LogP contribution in [-0.4, -0.2) is 119 Å². The molecule has 2 aromatic carbocycles. The first-order chi connectivity index (χ1) is 29.2. The summed E-state index contributed by atoms with van der Waals surface area (Å²) in [6, 6.07) is 11.5. The summed E-state index contributed by atoms with van der Waals surface area (Å²) in [6.07, 6.45) is 5.77. The molecule has 8 N–H and O–H groups in total. The van der Waals surface area contributed by atoms with Gasteiger partial charge in [-0.2, -0.15) is 0 Å². The largest absolute Gasteiger partial charge is 0.400 e. The van der Waals surface area contributed by atoms with Crippen LogP contribution in [0, 0.1) is 17.0 Å². The maximum absolute atomic E-state index is 14.9. The molecule has 4 rings (SSSR count). The number of benzene rings is 2. The summed E-state index contributed by atoms with van der Waals surface area (Å²) in [5.41, 5.74) is 7.61. The van der Waals surface area contributed by atoms with Crippen molar-refractivity contribution in [2.24, 2.45) is 11.1 Å². The van der Waals surface area contributed by atoms with Crippen molar-refractivity contribution in [1.29, 1.82) is 0 Å². The van der Waals surface area contributed by atoms with Gasteiger partial charge in [-0.25, -0.2) is 8.78 Å². The van der Waals surface area contributed by atoms with Gasteiger partial charge in [0.1, 0.15) is 37.1 Å². The number of amides is 6. The smallest absolute Gasteiger partial charge is 0.254 e. The third-order valence-corrected chi connectivity index (χ3v) is 10.5. The Hall–Kier alpha value is -6.11. The van der Waals surface area contributed by atoms with Crippen LogP contribution in [0.5, 0.6) is 0 Å². The number of aryl methyl sites for hydroxylation is 1. The van der Waals surface area contributed by atoms with Crippen molar-refractivity contribution in [3.8, 4) is 11.1 Å². The molecule has 18 heteroatoms. The van der Waals surface area contributed by atoms with E-state index in [9.17, 15) is 47.4 Å². The molecule has 16 nitrogen and oxygen atoms in total. The van der Waals surface area contributed by atoms with Gasteiger partial charge in [0.05, 0.1) is 12.1 Å². The van der Waals surface area contributed by atoms with Crippen molar-refractivity contribution in [1.82, 2.24) is 30.7 Å². The number of nitrogens with one attached hydrogen (secondary N) is 4. The van der Waals surface area contributed by atoms with Crippen molar-refractivity contribution in [3.63, 3.8) is 0 Å². The molecule has 1 aromatic heterocycles. The Kier molecular flexibility index (Phi) is 19.6. The maximum Gasteiger partial charge on any atom is 0.254 e. The standard InChI is InChI=1S/C42H51F2N7O8.CH4O/c1-3-42(2,17-15-27-8-5-4-6-9-27)39(34-22-28(24-48-34)30-23-29(43)11-12-31(30)44)50(38(57)26-53)20-16-32(45)40(58)46-18-19-47-41(59)33(10-7-21-52)49-35(54)25-51-36(55)13-14-37(51)56;1-2/h4-6,8-9,11-14,21-24,32-33,39,48,53H,3,7,10,15-20,25-26,45H2,1-2H3,(H,46,58)(H,47,59)(H,49,54);2H,1H3. The molecular formula is C43H55F2N7O9. The van der Waals surface area contributed by atoms with Gasteiger partial charge in [-0.15, -0.1) is 0 Å². The SMILES string of the molecule is CCC(C)(CCc1ccccc1)C(c1cc(-c2cc(F)ccc2F)c[nH]1)N(CCC(N)C(=O)NCCNC(=O)C(CCC=O)NC(=O)CN1C(=O)C=CC1=O)C(=O)CO.CO. The highest BCUT2D eigenvalue weighted by atomic mass is 19.1. The molecule has 0 saturated carbocycles. The fraction of sp³-hybridized carbons (Fsp3) is 0.419. The monoisotopic (exact) mass is 851 g/mol. The Balaban J connectivity index is 0.00000489. The number of rotatable bonds is 23. The van der Waals surface area contributed by atoms with Gasteiger partial charge in [0.25, 0.3) is 11.8 Å². The Morgan fingerprint density at radius 2 is 1.62 bits per heavy atom. The number of halogens is 2. The highest BCUT2D eigenvalue weighted by molar-refractivity contribution is 6.14.